The quantitative estimate of drug-likeness (QED) is 0.254. The zero-order valence-electron chi connectivity index (χ0n) is 19.8. The van der Waals surface area contributed by atoms with Crippen molar-refractivity contribution >= 4 is 34.3 Å². The van der Waals surface area contributed by atoms with E-state index in [0.717, 1.165) is 29.1 Å². The van der Waals surface area contributed by atoms with Gasteiger partial charge in [0.2, 0.25) is 0 Å². The highest BCUT2D eigenvalue weighted by atomic mass is 19.1. The van der Waals surface area contributed by atoms with E-state index < -0.39 is 35.6 Å². The highest BCUT2D eigenvalue weighted by molar-refractivity contribution is 5.93. The second-order valence-electron chi connectivity index (χ2n) is 8.21. The number of anilines is 3. The Kier molecular flexibility index (Phi) is 7.15. The normalized spacial score (nSPS) is 12.5. The molecule has 0 saturated carbocycles. The molecule has 0 radical (unpaired) electrons. The lowest BCUT2D eigenvalue weighted by Crippen LogP contribution is -2.39. The Labute approximate surface area is 209 Å². The maximum Gasteiger partial charge on any atom is 0.404 e. The number of hydrogen-bond donors (Lipinski definition) is 4. The highest BCUT2D eigenvalue weighted by Gasteiger charge is 2.25. The molecule has 0 aliphatic heterocycles. The summed E-state index contributed by atoms with van der Waals surface area (Å²) in [4.78, 5) is 15.5. The molecule has 0 saturated heterocycles. The molecule has 0 fully saturated rings. The number of carbonyl (C=O) groups is 1. The number of rotatable bonds is 8. The smallest absolute Gasteiger partial charge is 0.404 e. The van der Waals surface area contributed by atoms with Gasteiger partial charge in [0.1, 0.15) is 17.7 Å². The first-order chi connectivity index (χ1) is 17.7. The van der Waals surface area contributed by atoms with Gasteiger partial charge in [0.05, 0.1) is 35.0 Å². The number of hydrogen-bond acceptors (Lipinski definition) is 6. The second kappa shape index (κ2) is 10.4. The van der Waals surface area contributed by atoms with Crippen LogP contribution in [0.15, 0.2) is 48.7 Å². The van der Waals surface area contributed by atoms with Crippen molar-refractivity contribution in [2.75, 3.05) is 10.6 Å². The predicted octanol–water partition coefficient (Wildman–Crippen LogP) is 5.29. The molecule has 2 aromatic heterocycles. The van der Waals surface area contributed by atoms with Gasteiger partial charge in [-0.15, -0.1) is 0 Å². The second-order valence-corrected chi connectivity index (χ2v) is 8.21. The average Bonchev–Trinajstić information content (AvgIpc) is 3.27. The topological polar surface area (TPSA) is 128 Å². The number of halogens is 3. The Hall–Kier alpha value is -4.79. The number of nitriles is 1. The lowest BCUT2D eigenvalue weighted by molar-refractivity contribution is 0.189. The summed E-state index contributed by atoms with van der Waals surface area (Å²) in [6.07, 6.45) is 0.274. The zero-order chi connectivity index (χ0) is 26.7. The van der Waals surface area contributed by atoms with Crippen LogP contribution in [-0.4, -0.2) is 32.0 Å². The van der Waals surface area contributed by atoms with Gasteiger partial charge in [-0.1, -0.05) is 6.07 Å². The van der Waals surface area contributed by atoms with E-state index in [1.165, 1.54) is 6.92 Å². The SMILES string of the molecule is CCn1ncc2c(Nc3nc(N[C@@H](c4cc(F)cc(F)c4)[C@H](C)NC(=O)O)c(F)cc3C#N)cccc21. The van der Waals surface area contributed by atoms with E-state index in [1.807, 2.05) is 19.1 Å². The largest absolute Gasteiger partial charge is 0.465 e. The summed E-state index contributed by atoms with van der Waals surface area (Å²) < 4.78 is 44.7. The molecule has 0 aliphatic rings. The number of aryl methyl sites for hydroxylation is 1. The number of aromatic nitrogens is 3. The monoisotopic (exact) mass is 509 g/mol. The fourth-order valence-electron chi connectivity index (χ4n) is 4.04. The van der Waals surface area contributed by atoms with E-state index in [-0.39, 0.29) is 22.8 Å². The van der Waals surface area contributed by atoms with E-state index in [0.29, 0.717) is 18.3 Å². The van der Waals surface area contributed by atoms with Crippen LogP contribution in [0, 0.1) is 28.8 Å². The van der Waals surface area contributed by atoms with Crippen LogP contribution in [0.25, 0.3) is 10.9 Å². The molecular formula is C25H22F3N7O2. The van der Waals surface area contributed by atoms with Crippen molar-refractivity contribution in [1.29, 1.82) is 5.26 Å². The van der Waals surface area contributed by atoms with Crippen LogP contribution >= 0.6 is 0 Å². The molecule has 4 rings (SSSR count). The van der Waals surface area contributed by atoms with E-state index in [2.05, 4.69) is 26.0 Å². The van der Waals surface area contributed by atoms with Crippen molar-refractivity contribution in [3.63, 3.8) is 0 Å². The lowest BCUT2D eigenvalue weighted by atomic mass is 10.00. The molecule has 4 N–H and O–H groups in total. The van der Waals surface area contributed by atoms with E-state index in [9.17, 15) is 18.8 Å². The van der Waals surface area contributed by atoms with E-state index in [4.69, 9.17) is 5.11 Å². The summed E-state index contributed by atoms with van der Waals surface area (Å²) in [5.41, 5.74) is 1.35. The van der Waals surface area contributed by atoms with Gasteiger partial charge in [-0.3, -0.25) is 4.68 Å². The number of fused-ring (bicyclic) bond motifs is 1. The first-order valence-corrected chi connectivity index (χ1v) is 11.2. The maximum absolute atomic E-state index is 15.0. The van der Waals surface area contributed by atoms with Gasteiger partial charge < -0.3 is 21.1 Å². The van der Waals surface area contributed by atoms with Crippen LogP contribution < -0.4 is 16.0 Å². The van der Waals surface area contributed by atoms with Crippen molar-refractivity contribution in [2.45, 2.75) is 32.5 Å². The summed E-state index contributed by atoms with van der Waals surface area (Å²) >= 11 is 0. The van der Waals surface area contributed by atoms with Crippen LogP contribution in [0.3, 0.4) is 0 Å². The number of nitrogens with one attached hydrogen (secondary N) is 3. The van der Waals surface area contributed by atoms with Crippen molar-refractivity contribution in [2.24, 2.45) is 0 Å². The molecule has 0 spiro atoms. The minimum Gasteiger partial charge on any atom is -0.465 e. The molecule has 0 aliphatic carbocycles. The minimum absolute atomic E-state index is 0.0196. The molecule has 4 aromatic rings. The molecule has 2 heterocycles. The first-order valence-electron chi connectivity index (χ1n) is 11.2. The van der Waals surface area contributed by atoms with Crippen LogP contribution in [0.1, 0.15) is 31.0 Å². The Balaban J connectivity index is 1.75. The number of carboxylic acid groups (broad SMARTS) is 1. The summed E-state index contributed by atoms with van der Waals surface area (Å²) in [6.45, 7) is 4.03. The van der Waals surface area contributed by atoms with Crippen LogP contribution in [-0.2, 0) is 6.54 Å². The number of pyridine rings is 1. The third-order valence-electron chi connectivity index (χ3n) is 5.72. The Morgan fingerprint density at radius 1 is 1.16 bits per heavy atom. The average molecular weight is 509 g/mol. The molecule has 37 heavy (non-hydrogen) atoms. The third kappa shape index (κ3) is 5.40. The molecule has 2 aromatic carbocycles. The van der Waals surface area contributed by atoms with Gasteiger partial charge in [-0.2, -0.15) is 10.4 Å². The fraction of sp³-hybridized carbons (Fsp3) is 0.200. The van der Waals surface area contributed by atoms with Gasteiger partial charge in [-0.25, -0.2) is 22.9 Å². The zero-order valence-corrected chi connectivity index (χ0v) is 19.8. The first kappa shape index (κ1) is 25.3. The number of nitrogens with zero attached hydrogens (tertiary/aromatic N) is 4. The minimum atomic E-state index is -1.38. The number of benzene rings is 2. The summed E-state index contributed by atoms with van der Waals surface area (Å²) in [7, 11) is 0. The van der Waals surface area contributed by atoms with Crippen LogP contribution in [0.4, 0.5) is 35.3 Å². The summed E-state index contributed by atoms with van der Waals surface area (Å²) in [6, 6.07) is 8.89. The maximum atomic E-state index is 15.0. The van der Waals surface area contributed by atoms with Gasteiger partial charge in [0.25, 0.3) is 0 Å². The van der Waals surface area contributed by atoms with Crippen LogP contribution in [0.5, 0.6) is 0 Å². The molecule has 0 bridgehead atoms. The molecule has 0 unspecified atom stereocenters. The van der Waals surface area contributed by atoms with Crippen LogP contribution in [0.2, 0.25) is 0 Å². The molecule has 190 valence electrons. The fourth-order valence-corrected chi connectivity index (χ4v) is 4.04. The van der Waals surface area contributed by atoms with E-state index >= 15 is 4.39 Å². The third-order valence-corrected chi connectivity index (χ3v) is 5.72. The van der Waals surface area contributed by atoms with Crippen molar-refractivity contribution in [3.05, 3.63) is 77.2 Å². The van der Waals surface area contributed by atoms with Gasteiger partial charge in [0.15, 0.2) is 17.5 Å². The molecule has 12 heteroatoms. The van der Waals surface area contributed by atoms with Gasteiger partial charge >= 0.3 is 6.09 Å². The summed E-state index contributed by atoms with van der Waals surface area (Å²) in [5, 5.41) is 31.8. The highest BCUT2D eigenvalue weighted by Crippen LogP contribution is 2.31. The van der Waals surface area contributed by atoms with E-state index in [1.54, 1.807) is 23.0 Å². The molecular weight excluding hydrogens is 487 g/mol. The standard InChI is InChI=1S/C25H22F3N7O2/c1-3-35-21-6-4-5-20(18(21)12-30-35)32-23-15(11-29)9-19(28)24(34-23)33-22(13(2)31-25(36)37)14-7-16(26)10-17(27)8-14/h4-10,12-13,22,31H,3H2,1-2H3,(H,36,37)(H2,32,33,34)/t13-,22+/m0/s1. The van der Waals surface area contributed by atoms with Crippen molar-refractivity contribution in [1.82, 2.24) is 20.1 Å². The molecule has 1 amide bonds. The van der Waals surface area contributed by atoms with Crippen molar-refractivity contribution in [3.8, 4) is 6.07 Å². The Morgan fingerprint density at radius 2 is 1.89 bits per heavy atom. The Bertz CT molecular complexity index is 1500. The molecule has 9 nitrogen and oxygen atoms in total. The summed E-state index contributed by atoms with van der Waals surface area (Å²) in [5.74, 6) is -3.03. The predicted molar refractivity (Wildman–Crippen MR) is 131 cm³/mol. The number of amides is 1. The molecule has 2 atom stereocenters. The van der Waals surface area contributed by atoms with Gasteiger partial charge in [0, 0.05) is 18.0 Å². The lowest BCUT2D eigenvalue weighted by Gasteiger charge is -2.26. The Morgan fingerprint density at radius 3 is 2.54 bits per heavy atom. The van der Waals surface area contributed by atoms with Crippen molar-refractivity contribution < 1.29 is 23.1 Å². The van der Waals surface area contributed by atoms with Gasteiger partial charge in [-0.05, 0) is 49.7 Å².